The zero-order valence-corrected chi connectivity index (χ0v) is 13.8. The van der Waals surface area contributed by atoms with Gasteiger partial charge in [-0.05, 0) is 53.3 Å². The number of benzene rings is 3. The molecule has 0 heterocycles. The first-order valence-corrected chi connectivity index (χ1v) is 7.79. The summed E-state index contributed by atoms with van der Waals surface area (Å²) in [7, 11) is 3.94. The van der Waals surface area contributed by atoms with Crippen LogP contribution in [0, 0.1) is 0 Å². The summed E-state index contributed by atoms with van der Waals surface area (Å²) in [6, 6.07) is 16.7. The average Bonchev–Trinajstić information content (AvgIpc) is 2.46. The van der Waals surface area contributed by atoms with E-state index in [1.165, 1.54) is 21.5 Å². The third-order valence-corrected chi connectivity index (χ3v) is 4.41. The SMILES string of the molecule is CN(C)C[C@@H](O)c1ccc2cc(Br)c3ccccc3c2c1. The summed E-state index contributed by atoms with van der Waals surface area (Å²) in [5, 5.41) is 15.1. The molecule has 108 valence electrons. The van der Waals surface area contributed by atoms with Gasteiger partial charge in [0.05, 0.1) is 6.10 Å². The van der Waals surface area contributed by atoms with Gasteiger partial charge in [0.25, 0.3) is 0 Å². The van der Waals surface area contributed by atoms with E-state index in [4.69, 9.17) is 0 Å². The van der Waals surface area contributed by atoms with E-state index in [-0.39, 0.29) is 0 Å². The zero-order chi connectivity index (χ0) is 15.0. The second kappa shape index (κ2) is 5.76. The van der Waals surface area contributed by atoms with Crippen molar-refractivity contribution in [1.29, 1.82) is 0 Å². The van der Waals surface area contributed by atoms with Crippen molar-refractivity contribution in [2.24, 2.45) is 0 Å². The van der Waals surface area contributed by atoms with Crippen LogP contribution < -0.4 is 0 Å². The smallest absolute Gasteiger partial charge is 0.0916 e. The predicted molar refractivity (Wildman–Crippen MR) is 92.7 cm³/mol. The van der Waals surface area contributed by atoms with Crippen molar-refractivity contribution in [2.45, 2.75) is 6.10 Å². The topological polar surface area (TPSA) is 23.5 Å². The number of rotatable bonds is 3. The lowest BCUT2D eigenvalue weighted by Crippen LogP contribution is -2.19. The van der Waals surface area contributed by atoms with E-state index < -0.39 is 6.10 Å². The molecule has 3 aromatic rings. The highest BCUT2D eigenvalue weighted by Crippen LogP contribution is 2.33. The van der Waals surface area contributed by atoms with Crippen LogP contribution in [0.2, 0.25) is 0 Å². The van der Waals surface area contributed by atoms with Gasteiger partial charge < -0.3 is 10.0 Å². The first-order chi connectivity index (χ1) is 10.1. The van der Waals surface area contributed by atoms with Crippen LogP contribution in [-0.4, -0.2) is 30.6 Å². The van der Waals surface area contributed by atoms with Crippen LogP contribution in [-0.2, 0) is 0 Å². The van der Waals surface area contributed by atoms with E-state index in [1.54, 1.807) is 0 Å². The summed E-state index contributed by atoms with van der Waals surface area (Å²) < 4.78 is 1.10. The average molecular weight is 344 g/mol. The van der Waals surface area contributed by atoms with Gasteiger partial charge in [-0.2, -0.15) is 0 Å². The minimum Gasteiger partial charge on any atom is -0.387 e. The largest absolute Gasteiger partial charge is 0.387 e. The van der Waals surface area contributed by atoms with Crippen molar-refractivity contribution in [3.8, 4) is 0 Å². The fourth-order valence-electron chi connectivity index (χ4n) is 2.73. The van der Waals surface area contributed by atoms with Crippen molar-refractivity contribution >= 4 is 37.5 Å². The van der Waals surface area contributed by atoms with Gasteiger partial charge in [0, 0.05) is 11.0 Å². The third-order valence-electron chi connectivity index (χ3n) is 3.76. The van der Waals surface area contributed by atoms with Gasteiger partial charge in [0.1, 0.15) is 0 Å². The number of nitrogens with zero attached hydrogens (tertiary/aromatic N) is 1. The van der Waals surface area contributed by atoms with Crippen molar-refractivity contribution in [3.05, 3.63) is 58.6 Å². The molecule has 3 rings (SSSR count). The van der Waals surface area contributed by atoms with Crippen LogP contribution in [0.4, 0.5) is 0 Å². The molecule has 21 heavy (non-hydrogen) atoms. The van der Waals surface area contributed by atoms with Crippen LogP contribution in [0.1, 0.15) is 11.7 Å². The molecular weight excluding hydrogens is 326 g/mol. The summed E-state index contributed by atoms with van der Waals surface area (Å²) in [6.07, 6.45) is -0.466. The second-order valence-electron chi connectivity index (χ2n) is 5.66. The van der Waals surface area contributed by atoms with Crippen LogP contribution in [0.25, 0.3) is 21.5 Å². The lowest BCUT2D eigenvalue weighted by Gasteiger charge is -2.17. The van der Waals surface area contributed by atoms with Crippen molar-refractivity contribution in [2.75, 3.05) is 20.6 Å². The van der Waals surface area contributed by atoms with E-state index in [2.05, 4.69) is 52.3 Å². The molecule has 2 nitrogen and oxygen atoms in total. The van der Waals surface area contributed by atoms with E-state index >= 15 is 0 Å². The van der Waals surface area contributed by atoms with Crippen LogP contribution >= 0.6 is 15.9 Å². The molecule has 0 amide bonds. The van der Waals surface area contributed by atoms with E-state index in [9.17, 15) is 5.11 Å². The molecule has 0 saturated carbocycles. The number of halogens is 1. The summed E-state index contributed by atoms with van der Waals surface area (Å²) in [5.74, 6) is 0. The molecule has 3 aromatic carbocycles. The van der Waals surface area contributed by atoms with Gasteiger partial charge in [0.2, 0.25) is 0 Å². The van der Waals surface area contributed by atoms with Gasteiger partial charge in [-0.25, -0.2) is 0 Å². The Labute approximate surface area is 133 Å². The van der Waals surface area contributed by atoms with Crippen molar-refractivity contribution in [1.82, 2.24) is 4.90 Å². The molecule has 0 unspecified atom stereocenters. The van der Waals surface area contributed by atoms with E-state index in [0.29, 0.717) is 6.54 Å². The molecule has 0 bridgehead atoms. The molecule has 1 atom stereocenters. The molecule has 0 saturated heterocycles. The number of likely N-dealkylation sites (N-methyl/N-ethyl adjacent to an activating group) is 1. The quantitative estimate of drug-likeness (QED) is 0.714. The maximum Gasteiger partial charge on any atom is 0.0916 e. The Morgan fingerprint density at radius 2 is 1.71 bits per heavy atom. The van der Waals surface area contributed by atoms with E-state index in [0.717, 1.165) is 10.0 Å². The van der Waals surface area contributed by atoms with Crippen LogP contribution in [0.15, 0.2) is 53.0 Å². The molecule has 0 fully saturated rings. The number of aliphatic hydroxyl groups excluding tert-OH is 1. The monoisotopic (exact) mass is 343 g/mol. The molecule has 0 aliphatic carbocycles. The Kier molecular flexibility index (Phi) is 3.98. The van der Waals surface area contributed by atoms with Gasteiger partial charge in [0.15, 0.2) is 0 Å². The number of hydrogen-bond donors (Lipinski definition) is 1. The van der Waals surface area contributed by atoms with Gasteiger partial charge in [-0.15, -0.1) is 0 Å². The molecule has 0 radical (unpaired) electrons. The zero-order valence-electron chi connectivity index (χ0n) is 12.2. The number of hydrogen-bond acceptors (Lipinski definition) is 2. The fourth-order valence-corrected chi connectivity index (χ4v) is 3.32. The number of aliphatic hydroxyl groups is 1. The second-order valence-corrected chi connectivity index (χ2v) is 6.52. The van der Waals surface area contributed by atoms with Gasteiger partial charge in [-0.1, -0.05) is 52.3 Å². The van der Waals surface area contributed by atoms with Crippen LogP contribution in [0.5, 0.6) is 0 Å². The summed E-state index contributed by atoms with van der Waals surface area (Å²) >= 11 is 3.64. The fraction of sp³-hybridized carbons (Fsp3) is 0.222. The van der Waals surface area contributed by atoms with Gasteiger partial charge in [-0.3, -0.25) is 0 Å². The Morgan fingerprint density at radius 3 is 2.43 bits per heavy atom. The molecule has 3 heteroatoms. The molecule has 0 aliphatic heterocycles. The standard InChI is InChI=1S/C18H18BrNO/c1-20(2)11-18(21)13-8-7-12-10-17(19)15-6-4-3-5-14(15)16(12)9-13/h3-10,18,21H,11H2,1-2H3/t18-/m1/s1. The third kappa shape index (κ3) is 2.82. The van der Waals surface area contributed by atoms with Crippen molar-refractivity contribution < 1.29 is 5.11 Å². The summed E-state index contributed by atoms with van der Waals surface area (Å²) in [6.45, 7) is 0.625. The van der Waals surface area contributed by atoms with Crippen molar-refractivity contribution in [3.63, 3.8) is 0 Å². The molecule has 1 N–H and O–H groups in total. The highest BCUT2D eigenvalue weighted by Gasteiger charge is 2.11. The predicted octanol–water partition coefficient (Wildman–Crippen LogP) is 4.35. The first-order valence-electron chi connectivity index (χ1n) is 7.00. The summed E-state index contributed by atoms with van der Waals surface area (Å²) in [4.78, 5) is 1.99. The molecule has 0 spiro atoms. The number of fused-ring (bicyclic) bond motifs is 3. The highest BCUT2D eigenvalue weighted by molar-refractivity contribution is 9.10. The molecular formula is C18H18BrNO. The highest BCUT2D eigenvalue weighted by atomic mass is 79.9. The normalized spacial score (nSPS) is 13.2. The molecule has 0 aromatic heterocycles. The minimum absolute atomic E-state index is 0.466. The lowest BCUT2D eigenvalue weighted by atomic mass is 9.98. The Hall–Kier alpha value is -1.42. The first kappa shape index (κ1) is 14.5. The lowest BCUT2D eigenvalue weighted by molar-refractivity contribution is 0.138. The Balaban J connectivity index is 2.20. The van der Waals surface area contributed by atoms with E-state index in [1.807, 2.05) is 31.1 Å². The maximum atomic E-state index is 10.3. The summed E-state index contributed by atoms with van der Waals surface area (Å²) in [5.41, 5.74) is 0.962. The maximum absolute atomic E-state index is 10.3. The molecule has 0 aliphatic rings. The Bertz CT molecular complexity index is 798. The van der Waals surface area contributed by atoms with Gasteiger partial charge >= 0.3 is 0 Å². The Morgan fingerprint density at radius 1 is 1.00 bits per heavy atom. The minimum atomic E-state index is -0.466. The van der Waals surface area contributed by atoms with Crippen LogP contribution in [0.3, 0.4) is 0 Å².